The lowest BCUT2D eigenvalue weighted by molar-refractivity contribution is 0.107. The second-order valence-corrected chi connectivity index (χ2v) is 13.0. The van der Waals surface area contributed by atoms with E-state index in [9.17, 15) is 4.39 Å². The van der Waals surface area contributed by atoms with Crippen molar-refractivity contribution in [1.82, 2.24) is 25.2 Å². The van der Waals surface area contributed by atoms with E-state index in [-0.39, 0.29) is 11.4 Å². The van der Waals surface area contributed by atoms with Gasteiger partial charge in [-0.05, 0) is 70.2 Å². The smallest absolute Gasteiger partial charge is 0.318 e. The van der Waals surface area contributed by atoms with Crippen molar-refractivity contribution in [3.05, 3.63) is 29.2 Å². The minimum Gasteiger partial charge on any atom is -0.461 e. The van der Waals surface area contributed by atoms with E-state index >= 15 is 0 Å². The van der Waals surface area contributed by atoms with E-state index in [0.29, 0.717) is 46.6 Å². The predicted octanol–water partition coefficient (Wildman–Crippen LogP) is 3.32. The van der Waals surface area contributed by atoms with Crippen LogP contribution < -0.4 is 25.6 Å². The predicted molar refractivity (Wildman–Crippen MR) is 151 cm³/mol. The fraction of sp³-hybridized carbons (Fsp3) is 0.607. The lowest BCUT2D eigenvalue weighted by Gasteiger charge is -2.37. The summed E-state index contributed by atoms with van der Waals surface area (Å²) < 4.78 is 21.5. The van der Waals surface area contributed by atoms with Gasteiger partial charge in [0.1, 0.15) is 23.8 Å². The van der Waals surface area contributed by atoms with Crippen LogP contribution in [0.1, 0.15) is 49.8 Å². The molecule has 5 aliphatic heterocycles. The Kier molecular flexibility index (Phi) is 5.64. The van der Waals surface area contributed by atoms with Gasteiger partial charge in [0.25, 0.3) is 0 Å². The minimum atomic E-state index is -0.277. The summed E-state index contributed by atoms with van der Waals surface area (Å²) in [5.74, 6) is 0.767. The van der Waals surface area contributed by atoms with Gasteiger partial charge >= 0.3 is 6.01 Å². The quantitative estimate of drug-likeness (QED) is 0.496. The first-order valence-electron chi connectivity index (χ1n) is 14.4. The molecular weight excluding hydrogens is 515 g/mol. The molecule has 2 bridgehead atoms. The number of nitrogens with zero attached hydrogens (tertiary/aromatic N) is 6. The number of nitrogen functional groups attached to an aromatic ring is 1. The second kappa shape index (κ2) is 9.14. The Morgan fingerprint density at radius 1 is 1.05 bits per heavy atom. The third-order valence-electron chi connectivity index (χ3n) is 9.65. The van der Waals surface area contributed by atoms with Gasteiger partial charge in [0, 0.05) is 37.3 Å². The largest absolute Gasteiger partial charge is 0.461 e. The highest BCUT2D eigenvalue weighted by Crippen LogP contribution is 2.40. The number of benzene rings is 1. The highest BCUT2D eigenvalue weighted by Gasteiger charge is 2.45. The normalized spacial score (nSPS) is 25.9. The number of anilines is 3. The molecule has 206 valence electrons. The molecule has 0 radical (unpaired) electrons. The van der Waals surface area contributed by atoms with Crippen LogP contribution in [0, 0.1) is 5.82 Å². The van der Waals surface area contributed by atoms with E-state index in [1.165, 1.54) is 74.6 Å². The highest BCUT2D eigenvalue weighted by atomic mass is 32.1. The van der Waals surface area contributed by atoms with Gasteiger partial charge in [0.15, 0.2) is 5.13 Å². The molecule has 4 saturated heterocycles. The first kappa shape index (κ1) is 24.1. The average Bonchev–Trinajstić information content (AvgIpc) is 3.70. The van der Waals surface area contributed by atoms with E-state index in [1.54, 1.807) is 0 Å². The number of nitrogens with one attached hydrogen (secondary N) is 1. The zero-order valence-electron chi connectivity index (χ0n) is 22.2. The topological polar surface area (TPSA) is 95.7 Å². The maximum atomic E-state index is 14.5. The summed E-state index contributed by atoms with van der Waals surface area (Å²) in [5.41, 5.74) is 9.87. The number of aromatic nitrogens is 3. The van der Waals surface area contributed by atoms with Gasteiger partial charge in [-0.25, -0.2) is 9.37 Å². The number of rotatable bonds is 5. The first-order chi connectivity index (χ1) is 19.0. The minimum absolute atomic E-state index is 0.143. The molecule has 8 rings (SSSR count). The van der Waals surface area contributed by atoms with Gasteiger partial charge in [-0.15, -0.1) is 0 Å². The molecule has 3 aromatic rings. The van der Waals surface area contributed by atoms with Gasteiger partial charge in [-0.1, -0.05) is 11.3 Å². The summed E-state index contributed by atoms with van der Waals surface area (Å²) in [4.78, 5) is 21.9. The Hall–Kier alpha value is -2.76. The molecule has 9 nitrogen and oxygen atoms in total. The van der Waals surface area contributed by atoms with Crippen LogP contribution in [0.15, 0.2) is 12.1 Å². The van der Waals surface area contributed by atoms with Gasteiger partial charge in [0.05, 0.1) is 28.2 Å². The molecule has 3 N–H and O–H groups in total. The summed E-state index contributed by atoms with van der Waals surface area (Å²) in [5, 5.41) is 4.13. The van der Waals surface area contributed by atoms with E-state index in [4.69, 9.17) is 20.4 Å². The van der Waals surface area contributed by atoms with Crippen molar-refractivity contribution in [3.63, 3.8) is 0 Å². The van der Waals surface area contributed by atoms with E-state index < -0.39 is 0 Å². The highest BCUT2D eigenvalue weighted by molar-refractivity contribution is 7.22. The number of ether oxygens (including phenoxy) is 1. The number of hydrogen-bond acceptors (Lipinski definition) is 10. The standard InChI is InChI=1S/C28H35FN8OS/c29-20-5-6-22(23-24(20)39-26(30)33-23)35-12-7-19-21(15-35)32-27(38-16-28-8-1-10-37(28)11-2-9-28)34-25(19)36-13-17-3-4-18(14-36)31-17/h5-6,17-18,31H,1-4,7-16H2,(H2,30,33). The number of hydrogen-bond donors (Lipinski definition) is 2. The van der Waals surface area contributed by atoms with Gasteiger partial charge in [-0.2, -0.15) is 9.97 Å². The number of fused-ring (bicyclic) bond motifs is 5. The number of nitrogens with two attached hydrogens (primary N) is 1. The molecule has 0 spiro atoms. The first-order valence-corrected chi connectivity index (χ1v) is 15.2. The van der Waals surface area contributed by atoms with Gasteiger partial charge < -0.3 is 25.6 Å². The molecule has 2 aromatic heterocycles. The summed E-state index contributed by atoms with van der Waals surface area (Å²) in [6, 6.07) is 4.88. The molecule has 0 saturated carbocycles. The molecule has 4 fully saturated rings. The maximum Gasteiger partial charge on any atom is 0.318 e. The Morgan fingerprint density at radius 2 is 1.85 bits per heavy atom. The monoisotopic (exact) mass is 550 g/mol. The Labute approximate surface area is 231 Å². The van der Waals surface area contributed by atoms with Crippen LogP contribution in [-0.2, 0) is 13.0 Å². The van der Waals surface area contributed by atoms with Crippen molar-refractivity contribution in [2.75, 3.05) is 54.9 Å². The molecule has 5 aliphatic rings. The summed E-state index contributed by atoms with van der Waals surface area (Å²) >= 11 is 1.20. The Morgan fingerprint density at radius 3 is 2.64 bits per heavy atom. The van der Waals surface area contributed by atoms with Crippen molar-refractivity contribution in [1.29, 1.82) is 0 Å². The lowest BCUT2D eigenvalue weighted by atomic mass is 9.95. The van der Waals surface area contributed by atoms with Crippen LogP contribution >= 0.6 is 11.3 Å². The molecule has 7 heterocycles. The van der Waals surface area contributed by atoms with Crippen LogP contribution in [-0.4, -0.2) is 76.8 Å². The fourth-order valence-electron chi connectivity index (χ4n) is 7.78. The van der Waals surface area contributed by atoms with Crippen molar-refractivity contribution in [2.45, 2.75) is 69.1 Å². The maximum absolute atomic E-state index is 14.5. The SMILES string of the molecule is Nc1nc2c(N3CCc4c(nc(OCC56CCCN5CCC6)nc4N4CC5CCC(C4)N5)C3)ccc(F)c2s1. The van der Waals surface area contributed by atoms with Crippen molar-refractivity contribution in [2.24, 2.45) is 0 Å². The number of thiazole rings is 1. The van der Waals surface area contributed by atoms with Crippen LogP contribution in [0.4, 0.5) is 21.0 Å². The van der Waals surface area contributed by atoms with Gasteiger partial charge in [-0.3, -0.25) is 4.90 Å². The van der Waals surface area contributed by atoms with Gasteiger partial charge in [0.2, 0.25) is 0 Å². The van der Waals surface area contributed by atoms with Crippen LogP contribution in [0.5, 0.6) is 6.01 Å². The summed E-state index contributed by atoms with van der Waals surface area (Å²) in [6.07, 6.45) is 8.13. The van der Waals surface area contributed by atoms with Crippen molar-refractivity contribution < 1.29 is 9.13 Å². The van der Waals surface area contributed by atoms with E-state index in [2.05, 4.69) is 25.0 Å². The third-order valence-corrected chi connectivity index (χ3v) is 10.5. The summed E-state index contributed by atoms with van der Waals surface area (Å²) in [6.45, 7) is 6.33. The molecule has 2 unspecified atom stereocenters. The van der Waals surface area contributed by atoms with Crippen molar-refractivity contribution >= 4 is 38.2 Å². The second-order valence-electron chi connectivity index (χ2n) is 12.0. The fourth-order valence-corrected chi connectivity index (χ4v) is 8.54. The molecule has 1 aromatic carbocycles. The zero-order valence-corrected chi connectivity index (χ0v) is 23.0. The summed E-state index contributed by atoms with van der Waals surface area (Å²) in [7, 11) is 0. The molecule has 2 atom stereocenters. The molecule has 39 heavy (non-hydrogen) atoms. The Balaban J connectivity index is 1.14. The van der Waals surface area contributed by atoms with Crippen LogP contribution in [0.3, 0.4) is 0 Å². The number of piperazine rings is 1. The van der Waals surface area contributed by atoms with E-state index in [1.807, 2.05) is 6.07 Å². The third kappa shape index (κ3) is 4.03. The Bertz CT molecular complexity index is 1410. The molecular formula is C28H35FN8OS. The van der Waals surface area contributed by atoms with E-state index in [0.717, 1.165) is 43.3 Å². The average molecular weight is 551 g/mol. The zero-order chi connectivity index (χ0) is 26.1. The lowest BCUT2D eigenvalue weighted by Crippen LogP contribution is -2.52. The molecule has 11 heteroatoms. The number of halogens is 1. The van der Waals surface area contributed by atoms with Crippen LogP contribution in [0.2, 0.25) is 0 Å². The molecule has 0 aliphatic carbocycles. The molecule has 0 amide bonds. The van der Waals surface area contributed by atoms with Crippen LogP contribution in [0.25, 0.3) is 10.2 Å². The van der Waals surface area contributed by atoms with Crippen molar-refractivity contribution in [3.8, 4) is 6.01 Å².